The largest absolute Gasteiger partial charge is 0.484 e. The Morgan fingerprint density at radius 2 is 2.10 bits per heavy atom. The highest BCUT2D eigenvalue weighted by atomic mass is 35.5. The van der Waals surface area contributed by atoms with Gasteiger partial charge in [-0.25, -0.2) is 4.39 Å². The van der Waals surface area contributed by atoms with Crippen molar-refractivity contribution in [2.24, 2.45) is 0 Å². The van der Waals surface area contributed by atoms with Crippen molar-refractivity contribution in [2.45, 2.75) is 6.92 Å². The molecule has 20 heavy (non-hydrogen) atoms. The molecule has 3 nitrogen and oxygen atoms in total. The smallest absolute Gasteiger partial charge is 0.262 e. The monoisotopic (exact) mass is 293 g/mol. The first-order valence-corrected chi connectivity index (χ1v) is 6.37. The first-order chi connectivity index (χ1) is 9.54. The van der Waals surface area contributed by atoms with E-state index in [1.165, 1.54) is 6.07 Å². The van der Waals surface area contributed by atoms with E-state index in [-0.39, 0.29) is 18.3 Å². The van der Waals surface area contributed by atoms with Crippen LogP contribution >= 0.6 is 11.6 Å². The van der Waals surface area contributed by atoms with Crippen LogP contribution in [0.3, 0.4) is 0 Å². The highest BCUT2D eigenvalue weighted by Crippen LogP contribution is 2.17. The zero-order chi connectivity index (χ0) is 14.5. The Kier molecular flexibility index (Phi) is 4.58. The van der Waals surface area contributed by atoms with Crippen molar-refractivity contribution < 1.29 is 13.9 Å². The maximum atomic E-state index is 13.3. The van der Waals surface area contributed by atoms with Gasteiger partial charge in [0.2, 0.25) is 0 Å². The highest BCUT2D eigenvalue weighted by Gasteiger charge is 2.05. The summed E-state index contributed by atoms with van der Waals surface area (Å²) >= 11 is 5.81. The molecule has 0 spiro atoms. The van der Waals surface area contributed by atoms with Crippen molar-refractivity contribution in [1.82, 2.24) is 0 Å². The van der Waals surface area contributed by atoms with Crippen LogP contribution in [0.5, 0.6) is 5.75 Å². The van der Waals surface area contributed by atoms with Crippen molar-refractivity contribution in [1.29, 1.82) is 0 Å². The lowest BCUT2D eigenvalue weighted by atomic mass is 10.2. The molecule has 2 aromatic carbocycles. The Bertz CT molecular complexity index is 631. The number of carbonyl (C=O) groups excluding carboxylic acids is 1. The first kappa shape index (κ1) is 14.3. The van der Waals surface area contributed by atoms with Crippen LogP contribution in [0.1, 0.15) is 5.56 Å². The van der Waals surface area contributed by atoms with Crippen LogP contribution in [-0.2, 0) is 4.79 Å². The number of carbonyl (C=O) groups is 1. The fraction of sp³-hybridized carbons (Fsp3) is 0.133. The molecule has 0 atom stereocenters. The minimum absolute atomic E-state index is 0.199. The average Bonchev–Trinajstić information content (AvgIpc) is 2.40. The molecule has 0 unspecified atom stereocenters. The molecule has 0 saturated heterocycles. The first-order valence-electron chi connectivity index (χ1n) is 5.99. The van der Waals surface area contributed by atoms with E-state index in [1.54, 1.807) is 43.3 Å². The molecule has 104 valence electrons. The van der Waals surface area contributed by atoms with Gasteiger partial charge in [0.1, 0.15) is 11.6 Å². The quantitative estimate of drug-likeness (QED) is 0.931. The average molecular weight is 294 g/mol. The maximum absolute atomic E-state index is 13.3. The van der Waals surface area contributed by atoms with E-state index in [1.807, 2.05) is 0 Å². The molecule has 0 fully saturated rings. The molecular formula is C15H13ClFNO2. The van der Waals surface area contributed by atoms with Gasteiger partial charge in [0.05, 0.1) is 0 Å². The summed E-state index contributed by atoms with van der Waals surface area (Å²) in [6, 6.07) is 11.3. The highest BCUT2D eigenvalue weighted by molar-refractivity contribution is 6.30. The van der Waals surface area contributed by atoms with Gasteiger partial charge in [0, 0.05) is 16.8 Å². The number of hydrogen-bond acceptors (Lipinski definition) is 2. The maximum Gasteiger partial charge on any atom is 0.262 e. The number of nitrogens with one attached hydrogen (secondary N) is 1. The van der Waals surface area contributed by atoms with Gasteiger partial charge in [-0.2, -0.15) is 0 Å². The summed E-state index contributed by atoms with van der Waals surface area (Å²) in [6.07, 6.45) is 0. The Hall–Kier alpha value is -2.07. The van der Waals surface area contributed by atoms with Gasteiger partial charge in [0.25, 0.3) is 5.91 Å². The summed E-state index contributed by atoms with van der Waals surface area (Å²) in [7, 11) is 0. The van der Waals surface area contributed by atoms with Crippen LogP contribution < -0.4 is 10.1 Å². The Labute approximate surface area is 121 Å². The van der Waals surface area contributed by atoms with Crippen molar-refractivity contribution >= 4 is 23.2 Å². The molecule has 2 rings (SSSR count). The zero-order valence-electron chi connectivity index (χ0n) is 10.8. The molecular weight excluding hydrogens is 281 g/mol. The molecule has 0 aliphatic carbocycles. The second-order valence-corrected chi connectivity index (χ2v) is 4.69. The third-order valence-electron chi connectivity index (χ3n) is 2.62. The molecule has 0 radical (unpaired) electrons. The predicted molar refractivity (Wildman–Crippen MR) is 76.7 cm³/mol. The van der Waals surface area contributed by atoms with E-state index in [4.69, 9.17) is 16.3 Å². The van der Waals surface area contributed by atoms with Crippen LogP contribution in [0.15, 0.2) is 42.5 Å². The number of rotatable bonds is 4. The number of hydrogen-bond donors (Lipinski definition) is 1. The molecule has 0 saturated carbocycles. The van der Waals surface area contributed by atoms with Gasteiger partial charge in [-0.05, 0) is 36.8 Å². The molecule has 0 aromatic heterocycles. The minimum Gasteiger partial charge on any atom is -0.484 e. The SMILES string of the molecule is Cc1ccc(OCC(=O)Nc2cccc(Cl)c2)cc1F. The minimum atomic E-state index is -0.363. The molecule has 5 heteroatoms. The number of ether oxygens (including phenoxy) is 1. The number of benzene rings is 2. The van der Waals surface area contributed by atoms with Gasteiger partial charge < -0.3 is 10.1 Å². The normalized spacial score (nSPS) is 10.2. The van der Waals surface area contributed by atoms with E-state index in [2.05, 4.69) is 5.32 Å². The van der Waals surface area contributed by atoms with Crippen LogP contribution in [-0.4, -0.2) is 12.5 Å². The van der Waals surface area contributed by atoms with Crippen LogP contribution in [0.25, 0.3) is 0 Å². The Morgan fingerprint density at radius 1 is 1.30 bits per heavy atom. The molecule has 1 amide bonds. The number of aryl methyl sites for hydroxylation is 1. The number of halogens is 2. The molecule has 0 aliphatic heterocycles. The lowest BCUT2D eigenvalue weighted by Crippen LogP contribution is -2.20. The van der Waals surface area contributed by atoms with Crippen molar-refractivity contribution in [3.8, 4) is 5.75 Å². The van der Waals surface area contributed by atoms with Crippen LogP contribution in [0.4, 0.5) is 10.1 Å². The second kappa shape index (κ2) is 6.39. The molecule has 2 aromatic rings. The summed E-state index contributed by atoms with van der Waals surface area (Å²) < 4.78 is 18.5. The Balaban J connectivity index is 1.90. The molecule has 0 heterocycles. The summed E-state index contributed by atoms with van der Waals surface area (Å²) in [6.45, 7) is 1.46. The van der Waals surface area contributed by atoms with E-state index in [9.17, 15) is 9.18 Å². The van der Waals surface area contributed by atoms with Gasteiger partial charge in [0.15, 0.2) is 6.61 Å². The fourth-order valence-electron chi connectivity index (χ4n) is 1.58. The third kappa shape index (κ3) is 3.96. The second-order valence-electron chi connectivity index (χ2n) is 4.26. The zero-order valence-corrected chi connectivity index (χ0v) is 11.6. The van der Waals surface area contributed by atoms with Crippen LogP contribution in [0.2, 0.25) is 5.02 Å². The summed E-state index contributed by atoms with van der Waals surface area (Å²) in [4.78, 5) is 11.7. The van der Waals surface area contributed by atoms with Crippen molar-refractivity contribution in [3.63, 3.8) is 0 Å². The van der Waals surface area contributed by atoms with Crippen molar-refractivity contribution in [2.75, 3.05) is 11.9 Å². The van der Waals surface area contributed by atoms with E-state index >= 15 is 0 Å². The van der Waals surface area contributed by atoms with Gasteiger partial charge in [-0.1, -0.05) is 23.7 Å². The number of amides is 1. The lowest BCUT2D eigenvalue weighted by Gasteiger charge is -2.08. The topological polar surface area (TPSA) is 38.3 Å². The molecule has 0 bridgehead atoms. The van der Waals surface area contributed by atoms with Crippen molar-refractivity contribution in [3.05, 3.63) is 58.9 Å². The predicted octanol–water partition coefficient (Wildman–Crippen LogP) is 3.81. The van der Waals surface area contributed by atoms with Gasteiger partial charge in [-0.15, -0.1) is 0 Å². The number of anilines is 1. The Morgan fingerprint density at radius 3 is 2.80 bits per heavy atom. The van der Waals surface area contributed by atoms with Gasteiger partial charge >= 0.3 is 0 Å². The van der Waals surface area contributed by atoms with Crippen LogP contribution in [0, 0.1) is 12.7 Å². The standard InChI is InChI=1S/C15H13ClFNO2/c1-10-5-6-13(8-14(10)17)20-9-15(19)18-12-4-2-3-11(16)7-12/h2-8H,9H2,1H3,(H,18,19). The summed E-state index contributed by atoms with van der Waals surface area (Å²) in [5.74, 6) is -0.389. The van der Waals surface area contributed by atoms with E-state index in [0.717, 1.165) is 0 Å². The lowest BCUT2D eigenvalue weighted by molar-refractivity contribution is -0.118. The summed E-state index contributed by atoms with van der Waals surface area (Å²) in [5.41, 5.74) is 1.11. The third-order valence-corrected chi connectivity index (χ3v) is 2.86. The fourth-order valence-corrected chi connectivity index (χ4v) is 1.77. The van der Waals surface area contributed by atoms with E-state index in [0.29, 0.717) is 22.0 Å². The molecule has 0 aliphatic rings. The van der Waals surface area contributed by atoms with E-state index < -0.39 is 0 Å². The summed E-state index contributed by atoms with van der Waals surface area (Å²) in [5, 5.41) is 3.17. The van der Waals surface area contributed by atoms with Gasteiger partial charge in [-0.3, -0.25) is 4.79 Å². The molecule has 1 N–H and O–H groups in total.